The first-order valence-electron chi connectivity index (χ1n) is 10.5. The van der Waals surface area contributed by atoms with Gasteiger partial charge in [0.25, 0.3) is 0 Å². The van der Waals surface area contributed by atoms with Gasteiger partial charge in [0.15, 0.2) is 0 Å². The van der Waals surface area contributed by atoms with E-state index < -0.39 is 11.7 Å². The Balaban J connectivity index is 1.52. The predicted molar refractivity (Wildman–Crippen MR) is 108 cm³/mol. The number of amides is 1. The van der Waals surface area contributed by atoms with Gasteiger partial charge in [-0.15, -0.1) is 0 Å². The van der Waals surface area contributed by atoms with Gasteiger partial charge in [0, 0.05) is 43.5 Å². The third kappa shape index (κ3) is 5.22. The number of carbonyl (C=O) groups excluding carboxylic acids is 1. The molecule has 4 rings (SSSR count). The van der Waals surface area contributed by atoms with Crippen molar-refractivity contribution in [3.05, 3.63) is 47.9 Å². The van der Waals surface area contributed by atoms with Crippen molar-refractivity contribution in [2.24, 2.45) is 0 Å². The van der Waals surface area contributed by atoms with Crippen molar-refractivity contribution in [3.63, 3.8) is 0 Å². The van der Waals surface area contributed by atoms with E-state index in [4.69, 9.17) is 4.74 Å². The molecule has 0 N–H and O–H groups in total. The highest BCUT2D eigenvalue weighted by Crippen LogP contribution is 2.35. The van der Waals surface area contributed by atoms with Crippen LogP contribution in [0.5, 0.6) is 0 Å². The molecular weight excluding hydrogens is 409 g/mol. The zero-order chi connectivity index (χ0) is 21.8. The number of hydrogen-bond donors (Lipinski definition) is 0. The van der Waals surface area contributed by atoms with Crippen LogP contribution in [0.25, 0.3) is 11.3 Å². The number of aromatic nitrogens is 2. The second kappa shape index (κ2) is 9.32. The number of rotatable bonds is 4. The quantitative estimate of drug-likeness (QED) is 0.740. The Morgan fingerprint density at radius 3 is 2.68 bits per heavy atom. The molecule has 0 aliphatic carbocycles. The van der Waals surface area contributed by atoms with Crippen LogP contribution in [0.15, 0.2) is 36.7 Å². The molecule has 0 saturated carbocycles. The number of hydrogen-bond acceptors (Lipinski definition) is 5. The molecular formula is C22H25F3N4O2. The van der Waals surface area contributed by atoms with Crippen molar-refractivity contribution in [1.29, 1.82) is 0 Å². The zero-order valence-corrected chi connectivity index (χ0v) is 17.1. The van der Waals surface area contributed by atoms with E-state index in [2.05, 4.69) is 14.9 Å². The number of carbonyl (C=O) groups is 1. The van der Waals surface area contributed by atoms with E-state index in [0.717, 1.165) is 31.5 Å². The van der Waals surface area contributed by atoms with E-state index in [1.54, 1.807) is 12.3 Å². The fourth-order valence-electron chi connectivity index (χ4n) is 4.24. The van der Waals surface area contributed by atoms with Crippen molar-refractivity contribution in [3.8, 4) is 11.3 Å². The second-order valence-electron chi connectivity index (χ2n) is 7.94. The number of ether oxygens (including phenoxy) is 1. The Bertz CT molecular complexity index is 916. The highest BCUT2D eigenvalue weighted by Gasteiger charge is 2.32. The van der Waals surface area contributed by atoms with Gasteiger partial charge in [0.1, 0.15) is 0 Å². The molecule has 6 nitrogen and oxygen atoms in total. The lowest BCUT2D eigenvalue weighted by molar-refractivity contribution is -0.138. The molecule has 1 unspecified atom stereocenters. The van der Waals surface area contributed by atoms with Crippen LogP contribution in [0.2, 0.25) is 0 Å². The van der Waals surface area contributed by atoms with Gasteiger partial charge in [-0.1, -0.05) is 12.1 Å². The van der Waals surface area contributed by atoms with Crippen molar-refractivity contribution < 1.29 is 22.7 Å². The molecule has 166 valence electrons. The van der Waals surface area contributed by atoms with Crippen molar-refractivity contribution >= 4 is 5.91 Å². The van der Waals surface area contributed by atoms with Crippen LogP contribution in [0.3, 0.4) is 0 Å². The number of alkyl halides is 3. The lowest BCUT2D eigenvalue weighted by atomic mass is 9.91. The smallest absolute Gasteiger partial charge is 0.378 e. The molecule has 9 heteroatoms. The lowest BCUT2D eigenvalue weighted by Gasteiger charge is -2.34. The Labute approximate surface area is 179 Å². The topological polar surface area (TPSA) is 58.6 Å². The molecule has 1 amide bonds. The van der Waals surface area contributed by atoms with Crippen LogP contribution in [0.4, 0.5) is 13.2 Å². The van der Waals surface area contributed by atoms with Crippen molar-refractivity contribution in [2.75, 3.05) is 45.9 Å². The molecule has 2 saturated heterocycles. The molecule has 1 aromatic heterocycles. The minimum absolute atomic E-state index is 0.00415. The van der Waals surface area contributed by atoms with Crippen LogP contribution in [0, 0.1) is 0 Å². The third-order valence-electron chi connectivity index (χ3n) is 5.80. The van der Waals surface area contributed by atoms with Crippen LogP contribution >= 0.6 is 0 Å². The van der Waals surface area contributed by atoms with Gasteiger partial charge >= 0.3 is 6.18 Å². The lowest BCUT2D eigenvalue weighted by Crippen LogP contribution is -2.47. The summed E-state index contributed by atoms with van der Waals surface area (Å²) in [6, 6.07) is 5.20. The number of likely N-dealkylation sites (tertiary alicyclic amines) is 1. The fourth-order valence-corrected chi connectivity index (χ4v) is 4.24. The molecule has 2 fully saturated rings. The fraction of sp³-hybridized carbons (Fsp3) is 0.500. The van der Waals surface area contributed by atoms with Gasteiger partial charge in [-0.2, -0.15) is 13.2 Å². The minimum atomic E-state index is -4.42. The van der Waals surface area contributed by atoms with Gasteiger partial charge in [0.05, 0.1) is 36.7 Å². The molecule has 1 aromatic carbocycles. The summed E-state index contributed by atoms with van der Waals surface area (Å²) < 4.78 is 44.8. The number of benzene rings is 1. The Morgan fingerprint density at radius 2 is 1.90 bits per heavy atom. The Kier molecular flexibility index (Phi) is 6.52. The molecule has 2 aliphatic rings. The summed E-state index contributed by atoms with van der Waals surface area (Å²) in [5, 5.41) is 0. The average molecular weight is 434 g/mol. The van der Waals surface area contributed by atoms with Gasteiger partial charge < -0.3 is 9.64 Å². The largest absolute Gasteiger partial charge is 0.416 e. The van der Waals surface area contributed by atoms with E-state index in [1.807, 2.05) is 4.90 Å². The molecule has 0 spiro atoms. The highest BCUT2D eigenvalue weighted by atomic mass is 19.4. The van der Waals surface area contributed by atoms with Gasteiger partial charge in [-0.05, 0) is 31.5 Å². The number of nitrogens with zero attached hydrogens (tertiary/aromatic N) is 4. The first-order chi connectivity index (χ1) is 14.9. The van der Waals surface area contributed by atoms with Gasteiger partial charge in [-0.25, -0.2) is 0 Å². The van der Waals surface area contributed by atoms with Crippen LogP contribution in [0.1, 0.15) is 30.0 Å². The number of piperidine rings is 1. The molecule has 0 radical (unpaired) electrons. The predicted octanol–water partition coefficient (Wildman–Crippen LogP) is 3.20. The molecule has 0 bridgehead atoms. The molecule has 31 heavy (non-hydrogen) atoms. The summed E-state index contributed by atoms with van der Waals surface area (Å²) in [7, 11) is 0. The summed E-state index contributed by atoms with van der Waals surface area (Å²) in [5.41, 5.74) is 0.854. The first kappa shape index (κ1) is 21.7. The second-order valence-corrected chi connectivity index (χ2v) is 7.94. The van der Waals surface area contributed by atoms with E-state index in [0.29, 0.717) is 56.3 Å². The van der Waals surface area contributed by atoms with Crippen LogP contribution in [-0.4, -0.2) is 71.6 Å². The maximum absolute atomic E-state index is 13.2. The van der Waals surface area contributed by atoms with Crippen molar-refractivity contribution in [1.82, 2.24) is 19.8 Å². The maximum Gasteiger partial charge on any atom is 0.416 e. The van der Waals surface area contributed by atoms with E-state index in [1.165, 1.54) is 12.3 Å². The molecule has 1 atom stereocenters. The van der Waals surface area contributed by atoms with E-state index >= 15 is 0 Å². The summed E-state index contributed by atoms with van der Waals surface area (Å²) >= 11 is 0. The minimum Gasteiger partial charge on any atom is -0.378 e. The van der Waals surface area contributed by atoms with E-state index in [9.17, 15) is 18.0 Å². The normalized spacial score (nSPS) is 20.6. The van der Waals surface area contributed by atoms with Crippen LogP contribution in [-0.2, 0) is 15.7 Å². The maximum atomic E-state index is 13.2. The number of morpholine rings is 1. The molecule has 2 aromatic rings. The zero-order valence-electron chi connectivity index (χ0n) is 17.1. The molecule has 3 heterocycles. The molecule has 2 aliphatic heterocycles. The average Bonchev–Trinajstić information content (AvgIpc) is 2.79. The Morgan fingerprint density at radius 1 is 1.13 bits per heavy atom. The van der Waals surface area contributed by atoms with E-state index in [-0.39, 0.29) is 11.8 Å². The summed E-state index contributed by atoms with van der Waals surface area (Å²) in [6.07, 6.45) is 0.401. The number of halogens is 3. The standard InChI is InChI=1S/C22H25F3N4O2/c23-22(24,25)18-5-1-3-16(13-18)20-21(27-7-6-26-20)17-4-2-8-28(14-17)15-19(30)29-9-11-31-12-10-29/h1,3,5-7,13,17H,2,4,8-12,14-15H2. The monoisotopic (exact) mass is 434 g/mol. The Hall–Kier alpha value is -2.52. The summed E-state index contributed by atoms with van der Waals surface area (Å²) in [4.78, 5) is 25.4. The van der Waals surface area contributed by atoms with Gasteiger partial charge in [-0.3, -0.25) is 19.7 Å². The summed E-state index contributed by atoms with van der Waals surface area (Å²) in [5.74, 6) is 0.0886. The third-order valence-corrected chi connectivity index (χ3v) is 5.80. The first-order valence-corrected chi connectivity index (χ1v) is 10.5. The highest BCUT2D eigenvalue weighted by molar-refractivity contribution is 5.78. The van der Waals surface area contributed by atoms with Gasteiger partial charge in [0.2, 0.25) is 5.91 Å². The summed E-state index contributed by atoms with van der Waals surface area (Å²) in [6.45, 7) is 4.12. The SMILES string of the molecule is O=C(CN1CCCC(c2nccnc2-c2cccc(C(F)(F)F)c2)C1)N1CCOCC1. The van der Waals surface area contributed by atoms with Crippen LogP contribution < -0.4 is 0 Å². The van der Waals surface area contributed by atoms with Crippen molar-refractivity contribution in [2.45, 2.75) is 24.9 Å².